The van der Waals surface area contributed by atoms with Crippen LogP contribution in [-0.2, 0) is 11.2 Å². The molecule has 0 heterocycles. The molecule has 21 heavy (non-hydrogen) atoms. The fourth-order valence-corrected chi connectivity index (χ4v) is 1.88. The van der Waals surface area contributed by atoms with Gasteiger partial charge >= 0.3 is 17.5 Å². The number of carboxylic acid groups (broad SMARTS) is 1. The average molecular weight is 322 g/mol. The second kappa shape index (κ2) is 7.77. The van der Waals surface area contributed by atoms with Gasteiger partial charge in [0.05, 0.1) is 6.42 Å². The average Bonchev–Trinajstić information content (AvgIpc) is 2.33. The molecule has 0 atom stereocenters. The van der Waals surface area contributed by atoms with E-state index >= 15 is 0 Å². The smallest absolute Gasteiger partial charge is 0.441 e. The van der Waals surface area contributed by atoms with E-state index in [0.717, 1.165) is 0 Å². The lowest BCUT2D eigenvalue weighted by molar-refractivity contribution is -0.136. The second-order valence-electron chi connectivity index (χ2n) is 3.95. The van der Waals surface area contributed by atoms with E-state index < -0.39 is 17.5 Å². The van der Waals surface area contributed by atoms with Crippen molar-refractivity contribution in [2.24, 2.45) is 0 Å². The largest absolute Gasteiger partial charge is 0.481 e. The van der Waals surface area contributed by atoms with Crippen LogP contribution in [0.3, 0.4) is 0 Å². The lowest BCUT2D eigenvalue weighted by atomic mass is 10.1. The first-order chi connectivity index (χ1) is 9.76. The number of carbonyl (C=O) groups excluding carboxylic acids is 1. The van der Waals surface area contributed by atoms with E-state index in [1.54, 1.807) is 18.2 Å². The number of rotatable bonds is 6. The molecule has 116 valence electrons. The number of anilines is 1. The maximum atomic E-state index is 11.9. The molecule has 2 amide bonds. The number of halogens is 3. The Morgan fingerprint density at radius 3 is 2.62 bits per heavy atom. The van der Waals surface area contributed by atoms with Crippen LogP contribution in [0.4, 0.5) is 23.7 Å². The van der Waals surface area contributed by atoms with Crippen molar-refractivity contribution in [2.45, 2.75) is 11.9 Å². The summed E-state index contributed by atoms with van der Waals surface area (Å²) in [5.41, 5.74) is -3.44. The third-order valence-corrected chi connectivity index (χ3v) is 2.93. The molecule has 0 aromatic heterocycles. The molecule has 0 saturated carbocycles. The zero-order chi connectivity index (χ0) is 15.9. The molecule has 0 spiro atoms. The van der Waals surface area contributed by atoms with Crippen molar-refractivity contribution < 1.29 is 27.9 Å². The second-order valence-corrected chi connectivity index (χ2v) is 5.11. The Morgan fingerprint density at radius 1 is 1.29 bits per heavy atom. The van der Waals surface area contributed by atoms with E-state index in [1.165, 1.54) is 6.07 Å². The molecule has 0 aliphatic rings. The van der Waals surface area contributed by atoms with Crippen molar-refractivity contribution in [2.75, 3.05) is 17.6 Å². The third-order valence-electron chi connectivity index (χ3n) is 2.19. The summed E-state index contributed by atoms with van der Waals surface area (Å²) in [4.78, 5) is 22.0. The number of amides is 2. The number of thioether (sulfide) groups is 1. The van der Waals surface area contributed by atoms with Gasteiger partial charge in [0.2, 0.25) is 0 Å². The Bertz CT molecular complexity index is 509. The summed E-state index contributed by atoms with van der Waals surface area (Å²) in [6, 6.07) is 5.56. The lowest BCUT2D eigenvalue weighted by Crippen LogP contribution is -2.31. The van der Waals surface area contributed by atoms with Crippen LogP contribution in [0.5, 0.6) is 0 Å². The molecule has 0 saturated heterocycles. The maximum absolute atomic E-state index is 11.9. The quantitative estimate of drug-likeness (QED) is 0.704. The van der Waals surface area contributed by atoms with Crippen molar-refractivity contribution in [3.63, 3.8) is 0 Å². The molecule has 1 rings (SSSR count). The first kappa shape index (κ1) is 17.2. The standard InChI is InChI=1S/C12H13F3N2O3S/c13-12(14,15)21-5-4-16-11(20)17-9-3-1-2-8(6-9)7-10(18)19/h1-3,6H,4-5,7H2,(H,18,19)(H2,16,17,20). The Balaban J connectivity index is 2.39. The van der Waals surface area contributed by atoms with Crippen molar-refractivity contribution in [3.05, 3.63) is 29.8 Å². The summed E-state index contributed by atoms with van der Waals surface area (Å²) in [7, 11) is 0. The van der Waals surface area contributed by atoms with Crippen LogP contribution in [-0.4, -0.2) is 34.9 Å². The minimum Gasteiger partial charge on any atom is -0.481 e. The van der Waals surface area contributed by atoms with Crippen LogP contribution < -0.4 is 10.6 Å². The zero-order valence-corrected chi connectivity index (χ0v) is 11.6. The highest BCUT2D eigenvalue weighted by Gasteiger charge is 2.27. The van der Waals surface area contributed by atoms with Gasteiger partial charge in [-0.1, -0.05) is 12.1 Å². The molecule has 9 heteroatoms. The summed E-state index contributed by atoms with van der Waals surface area (Å²) >= 11 is -0.217. The van der Waals surface area contributed by atoms with Crippen LogP contribution in [0.2, 0.25) is 0 Å². The molecule has 0 unspecified atom stereocenters. The fraction of sp³-hybridized carbons (Fsp3) is 0.333. The van der Waals surface area contributed by atoms with Gasteiger partial charge in [0.15, 0.2) is 0 Å². The number of hydrogen-bond donors (Lipinski definition) is 3. The van der Waals surface area contributed by atoms with Crippen LogP contribution in [0.25, 0.3) is 0 Å². The predicted molar refractivity (Wildman–Crippen MR) is 73.3 cm³/mol. The molecule has 0 aliphatic carbocycles. The number of urea groups is 1. The Morgan fingerprint density at radius 2 is 2.00 bits per heavy atom. The fourth-order valence-electron chi connectivity index (χ4n) is 1.44. The third kappa shape index (κ3) is 8.08. The molecular weight excluding hydrogens is 309 g/mol. The summed E-state index contributed by atoms with van der Waals surface area (Å²) in [5.74, 6) is -1.28. The van der Waals surface area contributed by atoms with Crippen molar-refractivity contribution in [1.29, 1.82) is 0 Å². The first-order valence-corrected chi connectivity index (χ1v) is 6.81. The summed E-state index contributed by atoms with van der Waals surface area (Å²) in [6.07, 6.45) is -0.181. The van der Waals surface area contributed by atoms with Crippen molar-refractivity contribution in [1.82, 2.24) is 5.32 Å². The number of carboxylic acids is 1. The summed E-state index contributed by atoms with van der Waals surface area (Å²) < 4.78 is 35.6. The van der Waals surface area contributed by atoms with Gasteiger partial charge < -0.3 is 15.7 Å². The maximum Gasteiger partial charge on any atom is 0.441 e. The minimum atomic E-state index is -4.32. The number of nitrogens with one attached hydrogen (secondary N) is 2. The highest BCUT2D eigenvalue weighted by atomic mass is 32.2. The van der Waals surface area contributed by atoms with E-state index in [0.29, 0.717) is 11.3 Å². The molecule has 0 radical (unpaired) electrons. The molecule has 0 bridgehead atoms. The molecular formula is C12H13F3N2O3S. The van der Waals surface area contributed by atoms with Crippen molar-refractivity contribution >= 4 is 29.4 Å². The van der Waals surface area contributed by atoms with Crippen molar-refractivity contribution in [3.8, 4) is 0 Å². The van der Waals surface area contributed by atoms with Gasteiger partial charge in [-0.25, -0.2) is 4.79 Å². The van der Waals surface area contributed by atoms with Gasteiger partial charge in [0, 0.05) is 18.0 Å². The SMILES string of the molecule is O=C(O)Cc1cccc(NC(=O)NCCSC(F)(F)F)c1. The topological polar surface area (TPSA) is 78.4 Å². The molecule has 0 fully saturated rings. The van der Waals surface area contributed by atoms with E-state index in [-0.39, 0.29) is 30.5 Å². The van der Waals surface area contributed by atoms with Crippen LogP contribution in [0, 0.1) is 0 Å². The zero-order valence-electron chi connectivity index (χ0n) is 10.7. The predicted octanol–water partition coefficient (Wildman–Crippen LogP) is 2.69. The van der Waals surface area contributed by atoms with Gasteiger partial charge in [-0.15, -0.1) is 0 Å². The highest BCUT2D eigenvalue weighted by molar-refractivity contribution is 8.00. The van der Waals surface area contributed by atoms with Gasteiger partial charge in [0.25, 0.3) is 0 Å². The highest BCUT2D eigenvalue weighted by Crippen LogP contribution is 2.29. The summed E-state index contributed by atoms with van der Waals surface area (Å²) in [6.45, 7) is -0.134. The number of aliphatic carboxylic acids is 1. The number of alkyl halides is 3. The van der Waals surface area contributed by atoms with Gasteiger partial charge in [0.1, 0.15) is 0 Å². The monoisotopic (exact) mass is 322 g/mol. The number of carbonyl (C=O) groups is 2. The van der Waals surface area contributed by atoms with E-state index in [1.807, 2.05) is 0 Å². The Labute approximate surface area is 122 Å². The van der Waals surface area contributed by atoms with Gasteiger partial charge in [-0.3, -0.25) is 4.79 Å². The normalized spacial score (nSPS) is 11.0. The molecule has 3 N–H and O–H groups in total. The molecule has 1 aromatic carbocycles. The molecule has 1 aromatic rings. The van der Waals surface area contributed by atoms with E-state index in [2.05, 4.69) is 10.6 Å². The van der Waals surface area contributed by atoms with E-state index in [4.69, 9.17) is 5.11 Å². The number of benzene rings is 1. The minimum absolute atomic E-state index is 0.134. The van der Waals surface area contributed by atoms with Gasteiger partial charge in [-0.05, 0) is 29.5 Å². The van der Waals surface area contributed by atoms with Crippen LogP contribution in [0.15, 0.2) is 24.3 Å². The number of hydrogen-bond acceptors (Lipinski definition) is 3. The lowest BCUT2D eigenvalue weighted by Gasteiger charge is -2.09. The first-order valence-electron chi connectivity index (χ1n) is 5.82. The van der Waals surface area contributed by atoms with Crippen LogP contribution in [0.1, 0.15) is 5.56 Å². The van der Waals surface area contributed by atoms with E-state index in [9.17, 15) is 22.8 Å². The molecule has 5 nitrogen and oxygen atoms in total. The molecule has 0 aliphatic heterocycles. The van der Waals surface area contributed by atoms with Gasteiger partial charge in [-0.2, -0.15) is 13.2 Å². The van der Waals surface area contributed by atoms with Crippen LogP contribution >= 0.6 is 11.8 Å². The Kier molecular flexibility index (Phi) is 6.35. The Hall–Kier alpha value is -1.90. The summed E-state index contributed by atoms with van der Waals surface area (Å²) in [5, 5.41) is 13.4.